The molecule has 2 aliphatic heterocycles. The highest BCUT2D eigenvalue weighted by atomic mass is 79.9. The number of nitrogens with zero attached hydrogens (tertiary/aromatic N) is 3. The monoisotopic (exact) mass is 615 g/mol. The molecule has 0 unspecified atom stereocenters. The minimum Gasteiger partial charge on any atom is -0.497 e. The fourth-order valence-electron chi connectivity index (χ4n) is 4.81. The summed E-state index contributed by atoms with van der Waals surface area (Å²) in [5, 5.41) is 0. The molecule has 0 radical (unpaired) electrons. The van der Waals surface area contributed by atoms with Crippen LogP contribution in [0, 0.1) is 0 Å². The number of morpholine rings is 1. The average Bonchev–Trinajstić information content (AvgIpc) is 3.47. The zero-order chi connectivity index (χ0) is 27.5. The SMILES string of the molecule is CCCC1=C(C(=O)OCC)[C@H](c2cccc(OC)c2)n2c(s/c(=C/c3cc(Br)c(N4CCOCC4)o3)c2=O)=N1. The Morgan fingerprint density at radius 3 is 2.77 bits per heavy atom. The molecule has 0 saturated carbocycles. The quantitative estimate of drug-likeness (QED) is 0.356. The summed E-state index contributed by atoms with van der Waals surface area (Å²) in [5.41, 5.74) is 1.49. The first kappa shape index (κ1) is 27.4. The lowest BCUT2D eigenvalue weighted by Crippen LogP contribution is -2.40. The summed E-state index contributed by atoms with van der Waals surface area (Å²) in [6.45, 7) is 6.73. The second-order valence-corrected chi connectivity index (χ2v) is 11.0. The maximum absolute atomic E-state index is 13.9. The number of fused-ring (bicyclic) bond motifs is 1. The van der Waals surface area contributed by atoms with Crippen molar-refractivity contribution in [3.63, 3.8) is 0 Å². The molecule has 0 N–H and O–H groups in total. The summed E-state index contributed by atoms with van der Waals surface area (Å²) in [4.78, 5) is 34.7. The Hall–Kier alpha value is -3.15. The third kappa shape index (κ3) is 5.48. The van der Waals surface area contributed by atoms with Crippen LogP contribution >= 0.6 is 27.3 Å². The molecule has 3 aromatic rings. The highest BCUT2D eigenvalue weighted by Gasteiger charge is 2.34. The average molecular weight is 617 g/mol. The molecule has 2 aromatic heterocycles. The first-order chi connectivity index (χ1) is 18.9. The molecule has 0 aliphatic carbocycles. The molecule has 1 aromatic carbocycles. The zero-order valence-electron chi connectivity index (χ0n) is 22.1. The number of esters is 1. The Bertz CT molecular complexity index is 1580. The van der Waals surface area contributed by atoms with E-state index in [2.05, 4.69) is 20.8 Å². The van der Waals surface area contributed by atoms with Gasteiger partial charge >= 0.3 is 5.97 Å². The van der Waals surface area contributed by atoms with Gasteiger partial charge in [-0.25, -0.2) is 9.79 Å². The molecule has 2 aliphatic rings. The molecule has 1 fully saturated rings. The van der Waals surface area contributed by atoms with Gasteiger partial charge in [0.25, 0.3) is 5.56 Å². The number of ether oxygens (including phenoxy) is 3. The number of thiazole rings is 1. The Kier molecular flexibility index (Phi) is 8.39. The molecule has 0 bridgehead atoms. The summed E-state index contributed by atoms with van der Waals surface area (Å²) in [6, 6.07) is 8.56. The minimum atomic E-state index is -0.702. The largest absolute Gasteiger partial charge is 0.497 e. The second kappa shape index (κ2) is 11.9. The Morgan fingerprint density at radius 2 is 2.05 bits per heavy atom. The van der Waals surface area contributed by atoms with Crippen molar-refractivity contribution >= 4 is 45.2 Å². The first-order valence-corrected chi connectivity index (χ1v) is 14.5. The van der Waals surface area contributed by atoms with Crippen LogP contribution < -0.4 is 24.5 Å². The van der Waals surface area contributed by atoms with Gasteiger partial charge in [-0.1, -0.05) is 36.8 Å². The van der Waals surface area contributed by atoms with Crippen molar-refractivity contribution in [1.29, 1.82) is 0 Å². The van der Waals surface area contributed by atoms with Gasteiger partial charge in [0, 0.05) is 25.2 Å². The van der Waals surface area contributed by atoms with Gasteiger partial charge in [-0.15, -0.1) is 0 Å². The standard InChI is InChI=1S/C28H30BrN3O6S/c1-4-7-21-23(27(34)37-5-2)24(17-8-6-9-18(14-17)35-3)32-25(33)22(39-28(32)30-21)16-19-15-20(29)26(38-19)31-10-12-36-13-11-31/h6,8-9,14-16,24H,4-5,7,10-13H2,1-3H3/b22-16+/t24-/m0/s1. The number of allylic oxidation sites excluding steroid dienone is 1. The fraction of sp³-hybridized carbons (Fsp3) is 0.393. The minimum absolute atomic E-state index is 0.218. The molecular weight excluding hydrogens is 586 g/mol. The van der Waals surface area contributed by atoms with Gasteiger partial charge in [0.2, 0.25) is 5.88 Å². The Labute approximate surface area is 238 Å². The van der Waals surface area contributed by atoms with Crippen LogP contribution in [0.2, 0.25) is 0 Å². The predicted octanol–water partition coefficient (Wildman–Crippen LogP) is 3.78. The van der Waals surface area contributed by atoms with E-state index in [1.54, 1.807) is 24.7 Å². The second-order valence-electron chi connectivity index (χ2n) is 9.09. The lowest BCUT2D eigenvalue weighted by molar-refractivity contribution is -0.139. The molecular formula is C28H30BrN3O6S. The normalized spacial score (nSPS) is 17.7. The van der Waals surface area contributed by atoms with Crippen LogP contribution in [0.1, 0.15) is 44.1 Å². The number of methoxy groups -OCH3 is 1. The molecule has 1 atom stereocenters. The molecule has 5 rings (SSSR count). The summed E-state index contributed by atoms with van der Waals surface area (Å²) in [7, 11) is 1.59. The molecule has 0 spiro atoms. The third-order valence-electron chi connectivity index (χ3n) is 6.56. The highest BCUT2D eigenvalue weighted by Crippen LogP contribution is 2.34. The third-order valence-corrected chi connectivity index (χ3v) is 8.11. The van der Waals surface area contributed by atoms with E-state index in [-0.39, 0.29) is 12.2 Å². The van der Waals surface area contributed by atoms with Crippen LogP contribution in [0.15, 0.2) is 60.3 Å². The number of aromatic nitrogens is 1. The number of halogens is 1. The number of anilines is 1. The summed E-state index contributed by atoms with van der Waals surface area (Å²) in [6.07, 6.45) is 3.09. The van der Waals surface area contributed by atoms with Crippen LogP contribution in [0.4, 0.5) is 5.88 Å². The van der Waals surface area contributed by atoms with E-state index >= 15 is 0 Å². The summed E-state index contributed by atoms with van der Waals surface area (Å²) in [5.74, 6) is 1.41. The van der Waals surface area contributed by atoms with Gasteiger partial charge in [-0.05, 0) is 47.0 Å². The highest BCUT2D eigenvalue weighted by molar-refractivity contribution is 9.10. The van der Waals surface area contributed by atoms with Crippen molar-refractivity contribution in [3.05, 3.63) is 77.1 Å². The van der Waals surface area contributed by atoms with Crippen LogP contribution in [0.3, 0.4) is 0 Å². The molecule has 11 heteroatoms. The Morgan fingerprint density at radius 1 is 1.26 bits per heavy atom. The predicted molar refractivity (Wildman–Crippen MR) is 152 cm³/mol. The summed E-state index contributed by atoms with van der Waals surface area (Å²) >= 11 is 4.87. The maximum atomic E-state index is 13.9. The first-order valence-electron chi connectivity index (χ1n) is 12.9. The van der Waals surface area contributed by atoms with Gasteiger partial charge in [0.1, 0.15) is 11.5 Å². The van der Waals surface area contributed by atoms with E-state index in [1.165, 1.54) is 11.3 Å². The van der Waals surface area contributed by atoms with Crippen LogP contribution in [0.5, 0.6) is 5.75 Å². The van der Waals surface area contributed by atoms with E-state index in [4.69, 9.17) is 23.6 Å². The number of furan rings is 1. The van der Waals surface area contributed by atoms with E-state index < -0.39 is 12.0 Å². The zero-order valence-corrected chi connectivity index (χ0v) is 24.5. The number of carbonyl (C=O) groups excluding carboxylic acids is 1. The topological polar surface area (TPSA) is 95.5 Å². The van der Waals surface area contributed by atoms with Gasteiger partial charge in [0.15, 0.2) is 4.80 Å². The van der Waals surface area contributed by atoms with Crippen molar-refractivity contribution in [1.82, 2.24) is 4.57 Å². The lowest BCUT2D eigenvalue weighted by Gasteiger charge is -2.26. The number of carbonyl (C=O) groups is 1. The molecule has 4 heterocycles. The lowest BCUT2D eigenvalue weighted by atomic mass is 9.94. The number of hydrogen-bond acceptors (Lipinski definition) is 9. The smallest absolute Gasteiger partial charge is 0.338 e. The molecule has 0 amide bonds. The molecule has 1 saturated heterocycles. The van der Waals surface area contributed by atoms with Gasteiger partial charge in [-0.2, -0.15) is 0 Å². The molecule has 9 nitrogen and oxygen atoms in total. The number of hydrogen-bond donors (Lipinski definition) is 0. The van der Waals surface area contributed by atoms with Crippen LogP contribution in [-0.2, 0) is 14.3 Å². The molecule has 206 valence electrons. The van der Waals surface area contributed by atoms with Crippen LogP contribution in [0.25, 0.3) is 6.08 Å². The van der Waals surface area contributed by atoms with E-state index in [0.717, 1.165) is 29.5 Å². The number of benzene rings is 1. The maximum Gasteiger partial charge on any atom is 0.338 e. The van der Waals surface area contributed by atoms with E-state index in [0.29, 0.717) is 57.6 Å². The van der Waals surface area contributed by atoms with Gasteiger partial charge in [-0.3, -0.25) is 9.36 Å². The fourth-order valence-corrected chi connectivity index (χ4v) is 6.36. The summed E-state index contributed by atoms with van der Waals surface area (Å²) < 4.78 is 25.3. The number of rotatable bonds is 8. The Balaban J connectivity index is 1.67. The van der Waals surface area contributed by atoms with E-state index in [1.807, 2.05) is 37.3 Å². The van der Waals surface area contributed by atoms with Crippen molar-refractivity contribution in [2.45, 2.75) is 32.7 Å². The van der Waals surface area contributed by atoms with E-state index in [9.17, 15) is 9.59 Å². The van der Waals surface area contributed by atoms with Gasteiger partial charge in [0.05, 0.1) is 53.2 Å². The van der Waals surface area contributed by atoms with Crippen molar-refractivity contribution in [2.75, 3.05) is 44.9 Å². The van der Waals surface area contributed by atoms with Crippen molar-refractivity contribution in [3.8, 4) is 5.75 Å². The van der Waals surface area contributed by atoms with Crippen molar-refractivity contribution in [2.24, 2.45) is 4.99 Å². The van der Waals surface area contributed by atoms with Gasteiger partial charge < -0.3 is 23.5 Å². The van der Waals surface area contributed by atoms with Crippen molar-refractivity contribution < 1.29 is 23.4 Å². The van der Waals surface area contributed by atoms with Crippen LogP contribution in [-0.4, -0.2) is 50.6 Å². The molecule has 39 heavy (non-hydrogen) atoms.